The van der Waals surface area contributed by atoms with E-state index in [2.05, 4.69) is 15.3 Å². The number of hydrogen-bond donors (Lipinski definition) is 2. The lowest BCUT2D eigenvalue weighted by Gasteiger charge is -2.13. The molecule has 2 aromatic carbocycles. The summed E-state index contributed by atoms with van der Waals surface area (Å²) < 4.78 is 10.7. The molecular formula is C18H15ClN4O3. The van der Waals surface area contributed by atoms with Gasteiger partial charge in [0.05, 0.1) is 5.52 Å². The van der Waals surface area contributed by atoms with Crippen LogP contribution < -0.4 is 20.5 Å². The minimum atomic E-state index is -0.689. The SMILES string of the molecule is Cc1c(Cl)ccc2nc(C(N)=O)nc(NCc3ccc4c(c3)OCO4)c12. The van der Waals surface area contributed by atoms with Crippen LogP contribution in [0.15, 0.2) is 30.3 Å². The second kappa shape index (κ2) is 6.34. The molecule has 26 heavy (non-hydrogen) atoms. The van der Waals surface area contributed by atoms with Gasteiger partial charge in [-0.2, -0.15) is 0 Å². The summed E-state index contributed by atoms with van der Waals surface area (Å²) in [6, 6.07) is 9.16. The minimum absolute atomic E-state index is 0.0487. The minimum Gasteiger partial charge on any atom is -0.454 e. The topological polar surface area (TPSA) is 99.4 Å². The number of nitrogens with one attached hydrogen (secondary N) is 1. The molecule has 0 spiro atoms. The lowest BCUT2D eigenvalue weighted by Crippen LogP contribution is -2.17. The molecule has 0 saturated heterocycles. The molecule has 1 aliphatic rings. The number of hydrogen-bond acceptors (Lipinski definition) is 6. The van der Waals surface area contributed by atoms with E-state index >= 15 is 0 Å². The number of aryl methyl sites for hydroxylation is 1. The molecular weight excluding hydrogens is 356 g/mol. The molecule has 1 amide bonds. The average Bonchev–Trinajstić information content (AvgIpc) is 3.10. The summed E-state index contributed by atoms with van der Waals surface area (Å²) in [5.74, 6) is 1.19. The third kappa shape index (κ3) is 2.86. The Morgan fingerprint density at radius 1 is 1.23 bits per heavy atom. The van der Waals surface area contributed by atoms with Crippen LogP contribution in [0.4, 0.5) is 5.82 Å². The Labute approximate surface area is 154 Å². The van der Waals surface area contributed by atoms with Crippen LogP contribution in [0.1, 0.15) is 21.7 Å². The van der Waals surface area contributed by atoms with Gasteiger partial charge in [-0.05, 0) is 42.3 Å². The number of carbonyl (C=O) groups excluding carboxylic acids is 1. The van der Waals surface area contributed by atoms with Crippen molar-refractivity contribution in [2.45, 2.75) is 13.5 Å². The molecule has 3 aromatic rings. The van der Waals surface area contributed by atoms with Crippen LogP contribution in [-0.4, -0.2) is 22.7 Å². The fourth-order valence-electron chi connectivity index (χ4n) is 2.84. The first-order chi connectivity index (χ1) is 12.5. The van der Waals surface area contributed by atoms with E-state index < -0.39 is 5.91 Å². The van der Waals surface area contributed by atoms with Crippen LogP contribution in [0.2, 0.25) is 5.02 Å². The van der Waals surface area contributed by atoms with E-state index in [0.29, 0.717) is 28.7 Å². The number of anilines is 1. The van der Waals surface area contributed by atoms with Crippen molar-refractivity contribution in [2.75, 3.05) is 12.1 Å². The highest BCUT2D eigenvalue weighted by atomic mass is 35.5. The van der Waals surface area contributed by atoms with Crippen molar-refractivity contribution in [3.8, 4) is 11.5 Å². The van der Waals surface area contributed by atoms with Gasteiger partial charge in [-0.15, -0.1) is 0 Å². The normalized spacial score (nSPS) is 12.4. The maximum absolute atomic E-state index is 11.6. The summed E-state index contributed by atoms with van der Waals surface area (Å²) >= 11 is 6.24. The smallest absolute Gasteiger partial charge is 0.286 e. The zero-order chi connectivity index (χ0) is 18.3. The highest BCUT2D eigenvalue weighted by Crippen LogP contribution is 2.33. The molecule has 7 nitrogen and oxygen atoms in total. The van der Waals surface area contributed by atoms with Gasteiger partial charge in [0.15, 0.2) is 11.5 Å². The van der Waals surface area contributed by atoms with Crippen molar-refractivity contribution in [2.24, 2.45) is 5.73 Å². The molecule has 3 N–H and O–H groups in total. The van der Waals surface area contributed by atoms with Gasteiger partial charge in [0.25, 0.3) is 5.91 Å². The molecule has 0 bridgehead atoms. The van der Waals surface area contributed by atoms with Crippen molar-refractivity contribution in [3.63, 3.8) is 0 Å². The number of primary amides is 1. The molecule has 0 unspecified atom stereocenters. The molecule has 2 heterocycles. The van der Waals surface area contributed by atoms with Gasteiger partial charge in [0.2, 0.25) is 12.6 Å². The van der Waals surface area contributed by atoms with Crippen molar-refractivity contribution >= 4 is 34.2 Å². The fraction of sp³-hybridized carbons (Fsp3) is 0.167. The van der Waals surface area contributed by atoms with Gasteiger partial charge in [-0.3, -0.25) is 4.79 Å². The Morgan fingerprint density at radius 2 is 2.04 bits per heavy atom. The standard InChI is InChI=1S/C18H15ClN4O3/c1-9-11(19)3-4-12-15(9)17(23-18(22-12)16(20)24)21-7-10-2-5-13-14(6-10)26-8-25-13/h2-6H,7-8H2,1H3,(H2,20,24)(H,21,22,23). The van der Waals surface area contributed by atoms with Gasteiger partial charge in [-0.25, -0.2) is 9.97 Å². The summed E-state index contributed by atoms with van der Waals surface area (Å²) in [6.07, 6.45) is 0. The van der Waals surface area contributed by atoms with Crippen LogP contribution in [0.3, 0.4) is 0 Å². The van der Waals surface area contributed by atoms with Crippen LogP contribution in [0, 0.1) is 6.92 Å². The van der Waals surface area contributed by atoms with Gasteiger partial charge in [-0.1, -0.05) is 17.7 Å². The number of nitrogens with two attached hydrogens (primary N) is 1. The van der Waals surface area contributed by atoms with Gasteiger partial charge in [0, 0.05) is 17.0 Å². The van der Waals surface area contributed by atoms with Crippen molar-refractivity contribution in [1.82, 2.24) is 9.97 Å². The van der Waals surface area contributed by atoms with Crippen LogP contribution in [0.5, 0.6) is 11.5 Å². The third-order valence-corrected chi connectivity index (χ3v) is 4.58. The Hall–Kier alpha value is -3.06. The van der Waals surface area contributed by atoms with Crippen LogP contribution >= 0.6 is 11.6 Å². The van der Waals surface area contributed by atoms with Gasteiger partial charge in [0.1, 0.15) is 5.82 Å². The molecule has 0 atom stereocenters. The summed E-state index contributed by atoms with van der Waals surface area (Å²) in [5.41, 5.74) is 7.76. The summed E-state index contributed by atoms with van der Waals surface area (Å²) in [7, 11) is 0. The van der Waals surface area contributed by atoms with Crippen molar-refractivity contribution < 1.29 is 14.3 Å². The highest BCUT2D eigenvalue weighted by molar-refractivity contribution is 6.32. The summed E-state index contributed by atoms with van der Waals surface area (Å²) in [5, 5.41) is 4.59. The molecule has 0 aliphatic carbocycles. The first-order valence-electron chi connectivity index (χ1n) is 7.92. The van der Waals surface area contributed by atoms with Crippen LogP contribution in [0.25, 0.3) is 10.9 Å². The van der Waals surface area contributed by atoms with Gasteiger partial charge < -0.3 is 20.5 Å². The number of carbonyl (C=O) groups is 1. The molecule has 0 radical (unpaired) electrons. The number of benzene rings is 2. The predicted octanol–water partition coefficient (Wildman–Crippen LogP) is 3.03. The highest BCUT2D eigenvalue weighted by Gasteiger charge is 2.16. The first-order valence-corrected chi connectivity index (χ1v) is 8.30. The Bertz CT molecular complexity index is 1040. The zero-order valence-electron chi connectivity index (χ0n) is 13.9. The number of aromatic nitrogens is 2. The number of rotatable bonds is 4. The van der Waals surface area contributed by atoms with E-state index in [4.69, 9.17) is 26.8 Å². The number of halogens is 1. The molecule has 1 aromatic heterocycles. The Morgan fingerprint density at radius 3 is 2.85 bits per heavy atom. The third-order valence-electron chi connectivity index (χ3n) is 4.18. The van der Waals surface area contributed by atoms with E-state index in [1.54, 1.807) is 12.1 Å². The number of amides is 1. The van der Waals surface area contributed by atoms with E-state index in [-0.39, 0.29) is 12.6 Å². The summed E-state index contributed by atoms with van der Waals surface area (Å²) in [6.45, 7) is 2.57. The monoisotopic (exact) mass is 370 g/mol. The number of fused-ring (bicyclic) bond motifs is 2. The largest absolute Gasteiger partial charge is 0.454 e. The molecule has 132 valence electrons. The molecule has 8 heteroatoms. The quantitative estimate of drug-likeness (QED) is 0.732. The van der Waals surface area contributed by atoms with E-state index in [9.17, 15) is 4.79 Å². The van der Waals surface area contributed by atoms with Crippen molar-refractivity contribution in [1.29, 1.82) is 0 Å². The second-order valence-corrected chi connectivity index (χ2v) is 6.27. The second-order valence-electron chi connectivity index (χ2n) is 5.87. The lowest BCUT2D eigenvalue weighted by atomic mass is 10.1. The lowest BCUT2D eigenvalue weighted by molar-refractivity contribution is 0.0991. The predicted molar refractivity (Wildman–Crippen MR) is 97.7 cm³/mol. The van der Waals surface area contributed by atoms with E-state index in [1.807, 2.05) is 25.1 Å². The summed E-state index contributed by atoms with van der Waals surface area (Å²) in [4.78, 5) is 20.1. The average molecular weight is 371 g/mol. The molecule has 0 fully saturated rings. The van der Waals surface area contributed by atoms with Crippen molar-refractivity contribution in [3.05, 3.63) is 52.3 Å². The van der Waals surface area contributed by atoms with Gasteiger partial charge >= 0.3 is 0 Å². The zero-order valence-corrected chi connectivity index (χ0v) is 14.6. The molecule has 0 saturated carbocycles. The molecule has 1 aliphatic heterocycles. The first kappa shape index (κ1) is 16.4. The fourth-order valence-corrected chi connectivity index (χ4v) is 3.00. The molecule has 4 rings (SSSR count). The van der Waals surface area contributed by atoms with Crippen LogP contribution in [-0.2, 0) is 6.54 Å². The maximum atomic E-state index is 11.6. The maximum Gasteiger partial charge on any atom is 0.286 e. The number of nitrogens with zero attached hydrogens (tertiary/aromatic N) is 2. The van der Waals surface area contributed by atoms with E-state index in [1.165, 1.54) is 0 Å². The number of ether oxygens (including phenoxy) is 2. The Balaban J connectivity index is 1.72. The Kier molecular flexibility index (Phi) is 4.00. The van der Waals surface area contributed by atoms with E-state index in [0.717, 1.165) is 22.3 Å².